The normalized spacial score (nSPS) is 12.8. The number of aliphatic hydroxyl groups excluding tert-OH is 1. The van der Waals surface area contributed by atoms with Crippen LogP contribution in [0.3, 0.4) is 0 Å². The molecule has 1 N–H and O–H groups in total. The maximum atomic E-state index is 9.98. The Morgan fingerprint density at radius 2 is 1.94 bits per heavy atom. The smallest absolute Gasteiger partial charge is 0.0805 e. The summed E-state index contributed by atoms with van der Waals surface area (Å²) in [5.41, 5.74) is 0.741. The third kappa shape index (κ3) is 4.32. The van der Waals surface area contributed by atoms with Crippen LogP contribution in [-0.4, -0.2) is 5.11 Å². The Morgan fingerprint density at radius 1 is 1.19 bits per heavy atom. The van der Waals surface area contributed by atoms with Gasteiger partial charge < -0.3 is 5.11 Å². The molecular weight excluding hydrogens is 243 g/mol. The van der Waals surface area contributed by atoms with Crippen molar-refractivity contribution in [3.8, 4) is 0 Å². The molecule has 0 aliphatic heterocycles. The zero-order valence-corrected chi connectivity index (χ0v) is 11.1. The van der Waals surface area contributed by atoms with E-state index in [1.54, 1.807) is 18.2 Å². The molecule has 16 heavy (non-hydrogen) atoms. The van der Waals surface area contributed by atoms with Crippen LogP contribution in [0.1, 0.15) is 50.7 Å². The van der Waals surface area contributed by atoms with Crippen LogP contribution >= 0.6 is 23.2 Å². The molecule has 0 saturated heterocycles. The lowest BCUT2D eigenvalue weighted by atomic mass is 10.0. The van der Waals surface area contributed by atoms with E-state index in [1.807, 2.05) is 0 Å². The first-order valence-corrected chi connectivity index (χ1v) is 6.53. The van der Waals surface area contributed by atoms with E-state index in [0.717, 1.165) is 24.8 Å². The molecule has 90 valence electrons. The van der Waals surface area contributed by atoms with Crippen molar-refractivity contribution in [2.24, 2.45) is 0 Å². The maximum Gasteiger partial charge on any atom is 0.0805 e. The van der Waals surface area contributed by atoms with Crippen LogP contribution in [0.25, 0.3) is 0 Å². The molecule has 0 saturated carbocycles. The van der Waals surface area contributed by atoms with Gasteiger partial charge in [-0.1, -0.05) is 55.8 Å². The van der Waals surface area contributed by atoms with Crippen LogP contribution in [0.4, 0.5) is 0 Å². The molecule has 1 atom stereocenters. The molecule has 0 aromatic heterocycles. The second kappa shape index (κ2) is 7.16. The van der Waals surface area contributed by atoms with Gasteiger partial charge in [0.05, 0.1) is 6.10 Å². The van der Waals surface area contributed by atoms with Gasteiger partial charge in [-0.25, -0.2) is 0 Å². The maximum absolute atomic E-state index is 9.98. The zero-order chi connectivity index (χ0) is 12.0. The lowest BCUT2D eigenvalue weighted by molar-refractivity contribution is 0.163. The van der Waals surface area contributed by atoms with E-state index in [0.29, 0.717) is 10.0 Å². The van der Waals surface area contributed by atoms with E-state index >= 15 is 0 Å². The Kier molecular flexibility index (Phi) is 6.18. The summed E-state index contributed by atoms with van der Waals surface area (Å²) in [4.78, 5) is 0. The Labute approximate surface area is 107 Å². The van der Waals surface area contributed by atoms with E-state index in [2.05, 4.69) is 6.92 Å². The van der Waals surface area contributed by atoms with Crippen molar-refractivity contribution < 1.29 is 5.11 Å². The molecule has 0 amide bonds. The van der Waals surface area contributed by atoms with Gasteiger partial charge in [-0.3, -0.25) is 0 Å². The fourth-order valence-corrected chi connectivity index (χ4v) is 2.11. The van der Waals surface area contributed by atoms with E-state index < -0.39 is 6.10 Å². The van der Waals surface area contributed by atoms with Crippen LogP contribution in [0.2, 0.25) is 10.0 Å². The van der Waals surface area contributed by atoms with Crippen molar-refractivity contribution in [1.82, 2.24) is 0 Å². The standard InChI is InChI=1S/C13H18Cl2O/c1-2-3-4-5-6-13(16)11-9-10(14)7-8-12(11)15/h7-9,13,16H,2-6H2,1H3. The van der Waals surface area contributed by atoms with Crippen LogP contribution < -0.4 is 0 Å². The van der Waals surface area contributed by atoms with E-state index in [-0.39, 0.29) is 0 Å². The zero-order valence-electron chi connectivity index (χ0n) is 9.55. The number of aliphatic hydroxyl groups is 1. The molecule has 0 spiro atoms. The number of unbranched alkanes of at least 4 members (excludes halogenated alkanes) is 3. The Hall–Kier alpha value is -0.240. The second-order valence-electron chi connectivity index (χ2n) is 4.03. The minimum Gasteiger partial charge on any atom is -0.388 e. The summed E-state index contributed by atoms with van der Waals surface area (Å²) in [5, 5.41) is 11.2. The number of hydrogen-bond acceptors (Lipinski definition) is 1. The number of hydrogen-bond donors (Lipinski definition) is 1. The highest BCUT2D eigenvalue weighted by Crippen LogP contribution is 2.29. The minimum absolute atomic E-state index is 0.497. The Bertz CT molecular complexity index is 326. The summed E-state index contributed by atoms with van der Waals surface area (Å²) in [7, 11) is 0. The van der Waals surface area contributed by atoms with E-state index in [9.17, 15) is 5.11 Å². The predicted octanol–water partition coefficient (Wildman–Crippen LogP) is 5.00. The summed E-state index contributed by atoms with van der Waals surface area (Å²) in [6.07, 6.45) is 4.86. The first-order valence-electron chi connectivity index (χ1n) is 5.78. The van der Waals surface area contributed by atoms with Crippen LogP contribution in [0.5, 0.6) is 0 Å². The van der Waals surface area contributed by atoms with Crippen molar-refractivity contribution in [3.05, 3.63) is 33.8 Å². The molecule has 0 heterocycles. The average Bonchev–Trinajstić information content (AvgIpc) is 2.27. The number of rotatable bonds is 6. The summed E-state index contributed by atoms with van der Waals surface area (Å²) in [6.45, 7) is 2.17. The largest absolute Gasteiger partial charge is 0.388 e. The SMILES string of the molecule is CCCCCCC(O)c1cc(Cl)ccc1Cl. The second-order valence-corrected chi connectivity index (χ2v) is 4.87. The first-order chi connectivity index (χ1) is 7.65. The highest BCUT2D eigenvalue weighted by Gasteiger charge is 2.11. The van der Waals surface area contributed by atoms with Gasteiger partial charge in [-0.15, -0.1) is 0 Å². The van der Waals surface area contributed by atoms with Gasteiger partial charge in [-0.2, -0.15) is 0 Å². The molecule has 0 radical (unpaired) electrons. The fraction of sp³-hybridized carbons (Fsp3) is 0.538. The minimum atomic E-state index is -0.497. The van der Waals surface area contributed by atoms with Gasteiger partial charge in [0, 0.05) is 15.6 Å². The topological polar surface area (TPSA) is 20.2 Å². The summed E-state index contributed by atoms with van der Waals surface area (Å²) < 4.78 is 0. The molecule has 1 aromatic carbocycles. The number of benzene rings is 1. The molecule has 1 rings (SSSR count). The van der Waals surface area contributed by atoms with Crippen LogP contribution in [-0.2, 0) is 0 Å². The van der Waals surface area contributed by atoms with Gasteiger partial charge in [0.25, 0.3) is 0 Å². The third-order valence-corrected chi connectivity index (χ3v) is 3.23. The summed E-state index contributed by atoms with van der Waals surface area (Å²) in [5.74, 6) is 0. The lowest BCUT2D eigenvalue weighted by Crippen LogP contribution is -1.98. The molecule has 1 nitrogen and oxygen atoms in total. The molecule has 1 aromatic rings. The van der Waals surface area contributed by atoms with Gasteiger partial charge in [-0.05, 0) is 24.6 Å². The van der Waals surface area contributed by atoms with Gasteiger partial charge >= 0.3 is 0 Å². The van der Waals surface area contributed by atoms with Crippen molar-refractivity contribution in [3.63, 3.8) is 0 Å². The van der Waals surface area contributed by atoms with E-state index in [4.69, 9.17) is 23.2 Å². The highest BCUT2D eigenvalue weighted by atomic mass is 35.5. The Balaban J connectivity index is 2.51. The van der Waals surface area contributed by atoms with Crippen molar-refractivity contribution in [2.75, 3.05) is 0 Å². The van der Waals surface area contributed by atoms with Crippen molar-refractivity contribution in [1.29, 1.82) is 0 Å². The number of halogens is 2. The molecule has 0 fully saturated rings. The Morgan fingerprint density at radius 3 is 2.62 bits per heavy atom. The van der Waals surface area contributed by atoms with Crippen LogP contribution in [0, 0.1) is 0 Å². The molecule has 0 aliphatic carbocycles. The summed E-state index contributed by atoms with van der Waals surface area (Å²) in [6, 6.07) is 5.21. The quantitative estimate of drug-likeness (QED) is 0.714. The van der Waals surface area contributed by atoms with Gasteiger partial charge in [0.15, 0.2) is 0 Å². The average molecular weight is 261 g/mol. The highest BCUT2D eigenvalue weighted by molar-refractivity contribution is 6.33. The monoisotopic (exact) mass is 260 g/mol. The van der Waals surface area contributed by atoms with E-state index in [1.165, 1.54) is 12.8 Å². The van der Waals surface area contributed by atoms with Gasteiger partial charge in [0.2, 0.25) is 0 Å². The molecule has 0 aliphatic rings. The fourth-order valence-electron chi connectivity index (χ4n) is 1.69. The summed E-state index contributed by atoms with van der Waals surface area (Å²) >= 11 is 11.9. The predicted molar refractivity (Wildman–Crippen MR) is 70.2 cm³/mol. The third-order valence-electron chi connectivity index (χ3n) is 2.65. The molecule has 3 heteroatoms. The van der Waals surface area contributed by atoms with Crippen molar-refractivity contribution in [2.45, 2.75) is 45.1 Å². The van der Waals surface area contributed by atoms with Gasteiger partial charge in [0.1, 0.15) is 0 Å². The molecular formula is C13H18Cl2O. The molecule has 1 unspecified atom stereocenters. The molecule has 0 bridgehead atoms. The first kappa shape index (κ1) is 13.8. The van der Waals surface area contributed by atoms with Crippen molar-refractivity contribution >= 4 is 23.2 Å². The lowest BCUT2D eigenvalue weighted by Gasteiger charge is -2.12. The van der Waals surface area contributed by atoms with Crippen LogP contribution in [0.15, 0.2) is 18.2 Å².